The van der Waals surface area contributed by atoms with Gasteiger partial charge in [-0.1, -0.05) is 60.3 Å². The van der Waals surface area contributed by atoms with Crippen LogP contribution >= 0.6 is 28.7 Å². The molecule has 2 atom stereocenters. The molecule has 0 spiro atoms. The second-order valence-electron chi connectivity index (χ2n) is 6.92. The predicted octanol–water partition coefficient (Wildman–Crippen LogP) is 4.45. The number of halogens is 1. The van der Waals surface area contributed by atoms with Crippen molar-refractivity contribution in [2.45, 2.75) is 37.7 Å². The van der Waals surface area contributed by atoms with E-state index in [0.717, 1.165) is 36.7 Å². The SMILES string of the molecule is Br.Cc1cccc(C2(O)C(CCc3ccccc3)SC3=NCCN32)c1C. The van der Waals surface area contributed by atoms with Crippen molar-refractivity contribution in [3.05, 3.63) is 70.8 Å². The third-order valence-corrected chi connectivity index (χ3v) is 6.86. The van der Waals surface area contributed by atoms with E-state index in [2.05, 4.69) is 66.2 Å². The highest BCUT2D eigenvalue weighted by molar-refractivity contribution is 8.93. The molecule has 0 amide bonds. The zero-order chi connectivity index (χ0) is 17.4. The molecular weight excluding hydrogens is 408 g/mol. The molecular formula is C21H25BrN2OS. The molecule has 2 aliphatic rings. The highest BCUT2D eigenvalue weighted by Crippen LogP contribution is 2.49. The van der Waals surface area contributed by atoms with Crippen molar-refractivity contribution in [1.82, 2.24) is 4.90 Å². The standard InChI is InChI=1S/C21H24N2OS.BrH/c1-15-7-6-10-18(16(15)2)21(24)19(25-20-22-13-14-23(20)21)12-11-17-8-4-3-5-9-17;/h3-10,19,24H,11-14H2,1-2H3;1H. The fourth-order valence-corrected chi connectivity index (χ4v) is 5.33. The number of hydrogen-bond donors (Lipinski definition) is 1. The summed E-state index contributed by atoms with van der Waals surface area (Å²) in [4.78, 5) is 6.74. The van der Waals surface area contributed by atoms with Crippen LogP contribution in [-0.2, 0) is 12.1 Å². The Labute approximate surface area is 170 Å². The van der Waals surface area contributed by atoms with Crippen LogP contribution < -0.4 is 0 Å². The van der Waals surface area contributed by atoms with E-state index in [9.17, 15) is 5.11 Å². The average Bonchev–Trinajstić information content (AvgIpc) is 3.19. The number of hydrogen-bond acceptors (Lipinski definition) is 4. The van der Waals surface area contributed by atoms with Crippen molar-refractivity contribution in [3.8, 4) is 0 Å². The van der Waals surface area contributed by atoms with Crippen LogP contribution in [0.4, 0.5) is 0 Å². The summed E-state index contributed by atoms with van der Waals surface area (Å²) < 4.78 is 0. The van der Waals surface area contributed by atoms with Gasteiger partial charge < -0.3 is 10.0 Å². The third-order valence-electron chi connectivity index (χ3n) is 5.45. The smallest absolute Gasteiger partial charge is 0.178 e. The van der Waals surface area contributed by atoms with Gasteiger partial charge in [-0.25, -0.2) is 0 Å². The molecule has 2 unspecified atom stereocenters. The number of aryl methyl sites for hydroxylation is 2. The van der Waals surface area contributed by atoms with E-state index in [1.165, 1.54) is 16.7 Å². The van der Waals surface area contributed by atoms with Crippen LogP contribution in [0.25, 0.3) is 0 Å². The van der Waals surface area contributed by atoms with Crippen LogP contribution in [-0.4, -0.2) is 33.5 Å². The topological polar surface area (TPSA) is 35.8 Å². The fourth-order valence-electron chi connectivity index (χ4n) is 3.90. The summed E-state index contributed by atoms with van der Waals surface area (Å²) in [5.41, 5.74) is 3.79. The van der Waals surface area contributed by atoms with E-state index < -0.39 is 5.72 Å². The van der Waals surface area contributed by atoms with E-state index in [1.807, 2.05) is 6.07 Å². The van der Waals surface area contributed by atoms with Gasteiger partial charge in [0.25, 0.3) is 0 Å². The van der Waals surface area contributed by atoms with Gasteiger partial charge in [-0.2, -0.15) is 0 Å². The molecule has 26 heavy (non-hydrogen) atoms. The minimum atomic E-state index is -0.967. The van der Waals surface area contributed by atoms with Crippen molar-refractivity contribution < 1.29 is 5.11 Å². The fraction of sp³-hybridized carbons (Fsp3) is 0.381. The van der Waals surface area contributed by atoms with Gasteiger partial charge in [0.2, 0.25) is 0 Å². The van der Waals surface area contributed by atoms with Crippen molar-refractivity contribution in [2.75, 3.05) is 13.1 Å². The highest BCUT2D eigenvalue weighted by Gasteiger charge is 2.53. The molecule has 5 heteroatoms. The van der Waals surface area contributed by atoms with E-state index in [-0.39, 0.29) is 22.2 Å². The lowest BCUT2D eigenvalue weighted by Gasteiger charge is -2.37. The van der Waals surface area contributed by atoms with Gasteiger partial charge in [-0.15, -0.1) is 17.0 Å². The molecule has 2 aromatic rings. The van der Waals surface area contributed by atoms with Crippen LogP contribution in [0, 0.1) is 13.8 Å². The Bertz CT molecular complexity index is 811. The van der Waals surface area contributed by atoms with Crippen LogP contribution in [0.5, 0.6) is 0 Å². The number of aliphatic hydroxyl groups is 1. The number of benzene rings is 2. The van der Waals surface area contributed by atoms with Crippen molar-refractivity contribution in [3.63, 3.8) is 0 Å². The molecule has 4 rings (SSSR count). The maximum Gasteiger partial charge on any atom is 0.178 e. The first kappa shape index (κ1) is 19.5. The molecule has 0 radical (unpaired) electrons. The summed E-state index contributed by atoms with van der Waals surface area (Å²) >= 11 is 1.74. The number of rotatable bonds is 4. The first-order valence-electron chi connectivity index (χ1n) is 8.92. The predicted molar refractivity (Wildman–Crippen MR) is 115 cm³/mol. The normalized spacial score (nSPS) is 24.2. The lowest BCUT2D eigenvalue weighted by molar-refractivity contribution is -0.0676. The number of fused-ring (bicyclic) bond motifs is 1. The summed E-state index contributed by atoms with van der Waals surface area (Å²) in [6, 6.07) is 16.8. The Hall–Kier alpha value is -1.30. The number of amidine groups is 1. The minimum Gasteiger partial charge on any atom is -0.366 e. The summed E-state index contributed by atoms with van der Waals surface area (Å²) in [7, 11) is 0. The van der Waals surface area contributed by atoms with Gasteiger partial charge >= 0.3 is 0 Å². The second-order valence-corrected chi connectivity index (χ2v) is 8.09. The molecule has 2 heterocycles. The van der Waals surface area contributed by atoms with E-state index >= 15 is 0 Å². The lowest BCUT2D eigenvalue weighted by Crippen LogP contribution is -2.48. The largest absolute Gasteiger partial charge is 0.366 e. The molecule has 0 saturated carbocycles. The van der Waals surface area contributed by atoms with Crippen molar-refractivity contribution in [1.29, 1.82) is 0 Å². The van der Waals surface area contributed by atoms with Gasteiger partial charge in [0, 0.05) is 12.1 Å². The molecule has 2 aromatic carbocycles. The Morgan fingerprint density at radius 2 is 1.92 bits per heavy atom. The van der Waals surface area contributed by atoms with Crippen molar-refractivity contribution >= 4 is 33.9 Å². The maximum atomic E-state index is 11.9. The Morgan fingerprint density at radius 3 is 2.69 bits per heavy atom. The highest BCUT2D eigenvalue weighted by atomic mass is 79.9. The van der Waals surface area contributed by atoms with Crippen LogP contribution in [0.3, 0.4) is 0 Å². The number of nitrogens with zero attached hydrogens (tertiary/aromatic N) is 2. The molecule has 3 nitrogen and oxygen atoms in total. The van der Waals surface area contributed by atoms with Crippen LogP contribution in [0.2, 0.25) is 0 Å². The second kappa shape index (κ2) is 7.75. The van der Waals surface area contributed by atoms with Gasteiger partial charge in [-0.05, 0) is 43.4 Å². The van der Waals surface area contributed by atoms with E-state index in [0.29, 0.717) is 0 Å². The van der Waals surface area contributed by atoms with E-state index in [4.69, 9.17) is 0 Å². The number of aliphatic imine (C=N–C) groups is 1. The maximum absolute atomic E-state index is 11.9. The summed E-state index contributed by atoms with van der Waals surface area (Å²) in [6.07, 6.45) is 1.89. The molecule has 0 bridgehead atoms. The Balaban J connectivity index is 0.00000196. The molecule has 0 aliphatic carbocycles. The lowest BCUT2D eigenvalue weighted by atomic mass is 9.89. The molecule has 138 valence electrons. The molecule has 2 aliphatic heterocycles. The molecule has 0 aromatic heterocycles. The van der Waals surface area contributed by atoms with Gasteiger partial charge in [0.15, 0.2) is 10.9 Å². The summed E-state index contributed by atoms with van der Waals surface area (Å²) in [5.74, 6) is 0. The van der Waals surface area contributed by atoms with Gasteiger partial charge in [0.05, 0.1) is 11.8 Å². The van der Waals surface area contributed by atoms with Gasteiger partial charge in [0.1, 0.15) is 0 Å². The quantitative estimate of drug-likeness (QED) is 0.774. The monoisotopic (exact) mass is 432 g/mol. The summed E-state index contributed by atoms with van der Waals surface area (Å²) in [6.45, 7) is 5.81. The minimum absolute atomic E-state index is 0. The molecule has 1 N–H and O–H groups in total. The summed E-state index contributed by atoms with van der Waals surface area (Å²) in [5, 5.41) is 13.0. The first-order chi connectivity index (χ1) is 12.1. The number of thioether (sulfide) groups is 1. The zero-order valence-electron chi connectivity index (χ0n) is 15.2. The first-order valence-corrected chi connectivity index (χ1v) is 9.80. The van der Waals surface area contributed by atoms with E-state index in [1.54, 1.807) is 11.8 Å². The third kappa shape index (κ3) is 3.21. The van der Waals surface area contributed by atoms with Gasteiger partial charge in [-0.3, -0.25) is 4.99 Å². The average molecular weight is 433 g/mol. The van der Waals surface area contributed by atoms with Crippen molar-refractivity contribution in [2.24, 2.45) is 4.99 Å². The van der Waals surface area contributed by atoms with Crippen LogP contribution in [0.15, 0.2) is 53.5 Å². The Morgan fingerprint density at radius 1 is 1.15 bits per heavy atom. The molecule has 1 fully saturated rings. The van der Waals surface area contributed by atoms with Crippen LogP contribution in [0.1, 0.15) is 28.7 Å². The molecule has 1 saturated heterocycles. The zero-order valence-corrected chi connectivity index (χ0v) is 17.7. The Kier molecular flexibility index (Phi) is 5.80.